The Bertz CT molecular complexity index is 1300. The number of likely N-dealkylation sites (tertiary alicyclic amines) is 2. The first-order valence-corrected chi connectivity index (χ1v) is 12.9. The van der Waals surface area contributed by atoms with Crippen LogP contribution in [0, 0.1) is 5.82 Å². The first-order chi connectivity index (χ1) is 18.2. The van der Waals surface area contributed by atoms with Gasteiger partial charge in [0, 0.05) is 19.3 Å². The number of benzene rings is 1. The standard InChI is InChI=1S/C27H33FN6O4/c1-27(2,3)38-26(36)34-11-5-4-6-18(34)12-29-23-22-21(13-30-24(22)32-16-31-23)25(35)33-14-20(15-33)37-19-9-7-17(28)8-10-19/h7-10,13,16,18,20H,4-6,11-12,14-15H2,1-3H3,(H2,29,30,31,32). The Hall–Kier alpha value is -3.89. The predicted molar refractivity (Wildman–Crippen MR) is 140 cm³/mol. The fourth-order valence-electron chi connectivity index (χ4n) is 4.81. The SMILES string of the molecule is CC(C)(C)OC(=O)N1CCCCC1CNc1ncnc2[nH]cc(C(=O)N3CC(Oc4ccc(F)cc4)C3)c12. The minimum Gasteiger partial charge on any atom is -0.487 e. The summed E-state index contributed by atoms with van der Waals surface area (Å²) in [5.41, 5.74) is 0.458. The van der Waals surface area contributed by atoms with E-state index in [0.717, 1.165) is 19.3 Å². The maximum atomic E-state index is 13.3. The number of hydrogen-bond donors (Lipinski definition) is 2. The van der Waals surface area contributed by atoms with Crippen LogP contribution in [0.4, 0.5) is 15.0 Å². The fraction of sp³-hybridized carbons (Fsp3) is 0.481. The van der Waals surface area contributed by atoms with Crippen LogP contribution in [0.3, 0.4) is 0 Å². The Kier molecular flexibility index (Phi) is 7.09. The van der Waals surface area contributed by atoms with E-state index in [1.807, 2.05) is 20.8 Å². The third kappa shape index (κ3) is 5.66. The molecular weight excluding hydrogens is 491 g/mol. The highest BCUT2D eigenvalue weighted by Gasteiger charge is 2.35. The summed E-state index contributed by atoms with van der Waals surface area (Å²) in [6.45, 7) is 7.54. The number of H-pyrrole nitrogens is 1. The number of fused-ring (bicyclic) bond motifs is 1. The molecule has 0 radical (unpaired) electrons. The summed E-state index contributed by atoms with van der Waals surface area (Å²) in [4.78, 5) is 41.4. The minimum atomic E-state index is -0.564. The second-order valence-corrected chi connectivity index (χ2v) is 10.8. The molecule has 11 heteroatoms. The Labute approximate surface area is 220 Å². The van der Waals surface area contributed by atoms with E-state index in [4.69, 9.17) is 9.47 Å². The third-order valence-electron chi connectivity index (χ3n) is 6.71. The molecule has 4 heterocycles. The number of halogens is 1. The van der Waals surface area contributed by atoms with Crippen LogP contribution in [0.15, 0.2) is 36.8 Å². The fourth-order valence-corrected chi connectivity index (χ4v) is 4.81. The van der Waals surface area contributed by atoms with Gasteiger partial charge < -0.3 is 29.6 Å². The van der Waals surface area contributed by atoms with Gasteiger partial charge >= 0.3 is 6.09 Å². The lowest BCUT2D eigenvalue weighted by atomic mass is 10.0. The summed E-state index contributed by atoms with van der Waals surface area (Å²) in [5.74, 6) is 0.628. The van der Waals surface area contributed by atoms with Gasteiger partial charge in [0.05, 0.1) is 30.1 Å². The molecule has 1 aromatic carbocycles. The number of hydrogen-bond acceptors (Lipinski definition) is 7. The number of carbonyl (C=O) groups is 2. The minimum absolute atomic E-state index is 0.0542. The van der Waals surface area contributed by atoms with Crippen LogP contribution < -0.4 is 10.1 Å². The van der Waals surface area contributed by atoms with Crippen LogP contribution in [-0.4, -0.2) is 80.7 Å². The lowest BCUT2D eigenvalue weighted by Crippen LogP contribution is -2.56. The molecule has 2 N–H and O–H groups in total. The number of aromatic amines is 1. The number of amides is 2. The van der Waals surface area contributed by atoms with Crippen molar-refractivity contribution in [3.05, 3.63) is 48.2 Å². The van der Waals surface area contributed by atoms with E-state index < -0.39 is 5.60 Å². The molecule has 0 aliphatic carbocycles. The van der Waals surface area contributed by atoms with Crippen molar-refractivity contribution >= 4 is 28.9 Å². The molecule has 0 spiro atoms. The van der Waals surface area contributed by atoms with Gasteiger partial charge in [0.25, 0.3) is 5.91 Å². The molecule has 2 fully saturated rings. The summed E-state index contributed by atoms with van der Waals surface area (Å²) >= 11 is 0. The zero-order valence-corrected chi connectivity index (χ0v) is 21.9. The predicted octanol–water partition coefficient (Wildman–Crippen LogP) is 4.20. The molecule has 5 rings (SSSR count). The highest BCUT2D eigenvalue weighted by atomic mass is 19.1. The van der Waals surface area contributed by atoms with Crippen molar-refractivity contribution in [2.75, 3.05) is 31.5 Å². The highest BCUT2D eigenvalue weighted by Crippen LogP contribution is 2.28. The number of rotatable bonds is 6. The van der Waals surface area contributed by atoms with Crippen LogP contribution in [-0.2, 0) is 4.74 Å². The van der Waals surface area contributed by atoms with Gasteiger partial charge in [-0.1, -0.05) is 0 Å². The molecule has 2 aromatic heterocycles. The van der Waals surface area contributed by atoms with Crippen molar-refractivity contribution in [1.82, 2.24) is 24.8 Å². The van der Waals surface area contributed by atoms with Gasteiger partial charge in [-0.2, -0.15) is 0 Å². The highest BCUT2D eigenvalue weighted by molar-refractivity contribution is 6.09. The summed E-state index contributed by atoms with van der Waals surface area (Å²) in [6.07, 6.45) is 5.42. The molecule has 0 bridgehead atoms. The lowest BCUT2D eigenvalue weighted by molar-refractivity contribution is 0.0113. The van der Waals surface area contributed by atoms with Crippen molar-refractivity contribution in [3.63, 3.8) is 0 Å². The number of piperidine rings is 1. The van der Waals surface area contributed by atoms with Crippen LogP contribution in [0.1, 0.15) is 50.4 Å². The van der Waals surface area contributed by atoms with Crippen molar-refractivity contribution in [3.8, 4) is 5.75 Å². The van der Waals surface area contributed by atoms with E-state index in [1.165, 1.54) is 18.5 Å². The van der Waals surface area contributed by atoms with Gasteiger partial charge in [-0.15, -0.1) is 0 Å². The van der Waals surface area contributed by atoms with Crippen molar-refractivity contribution < 1.29 is 23.5 Å². The molecular formula is C27H33FN6O4. The molecule has 2 aliphatic heterocycles. The Morgan fingerprint density at radius 1 is 1.16 bits per heavy atom. The van der Waals surface area contributed by atoms with Gasteiger partial charge in [0.2, 0.25) is 0 Å². The van der Waals surface area contributed by atoms with Crippen LogP contribution >= 0.6 is 0 Å². The maximum Gasteiger partial charge on any atom is 0.410 e. The zero-order valence-electron chi connectivity index (χ0n) is 21.9. The average Bonchev–Trinajstić information content (AvgIpc) is 3.29. The van der Waals surface area contributed by atoms with Crippen molar-refractivity contribution in [2.45, 2.75) is 57.8 Å². The van der Waals surface area contributed by atoms with E-state index in [9.17, 15) is 14.0 Å². The molecule has 2 saturated heterocycles. The van der Waals surface area contributed by atoms with Gasteiger partial charge in [-0.3, -0.25) is 4.79 Å². The van der Waals surface area contributed by atoms with Gasteiger partial charge in [0.1, 0.15) is 41.1 Å². The van der Waals surface area contributed by atoms with Crippen molar-refractivity contribution in [2.24, 2.45) is 0 Å². The Morgan fingerprint density at radius 3 is 2.66 bits per heavy atom. The maximum absolute atomic E-state index is 13.3. The van der Waals surface area contributed by atoms with Crippen LogP contribution in [0.25, 0.3) is 11.0 Å². The van der Waals surface area contributed by atoms with E-state index in [-0.39, 0.29) is 30.0 Å². The molecule has 10 nitrogen and oxygen atoms in total. The molecule has 3 aromatic rings. The summed E-state index contributed by atoms with van der Waals surface area (Å²) in [5, 5.41) is 3.97. The topological polar surface area (TPSA) is 113 Å². The van der Waals surface area contributed by atoms with Crippen LogP contribution in [0.5, 0.6) is 5.75 Å². The van der Waals surface area contributed by atoms with Crippen LogP contribution in [0.2, 0.25) is 0 Å². The molecule has 1 atom stereocenters. The molecule has 202 valence electrons. The summed E-state index contributed by atoms with van der Waals surface area (Å²) in [7, 11) is 0. The van der Waals surface area contributed by atoms with E-state index in [0.29, 0.717) is 54.3 Å². The molecule has 1 unspecified atom stereocenters. The zero-order chi connectivity index (χ0) is 26.9. The largest absolute Gasteiger partial charge is 0.487 e. The van der Waals surface area contributed by atoms with Gasteiger partial charge in [0.15, 0.2) is 0 Å². The van der Waals surface area contributed by atoms with E-state index >= 15 is 0 Å². The molecule has 38 heavy (non-hydrogen) atoms. The Morgan fingerprint density at radius 2 is 1.92 bits per heavy atom. The number of nitrogens with one attached hydrogen (secondary N) is 2. The van der Waals surface area contributed by atoms with E-state index in [1.54, 1.807) is 28.1 Å². The lowest BCUT2D eigenvalue weighted by Gasteiger charge is -2.39. The first-order valence-electron chi connectivity index (χ1n) is 12.9. The van der Waals surface area contributed by atoms with Gasteiger partial charge in [-0.25, -0.2) is 19.2 Å². The summed E-state index contributed by atoms with van der Waals surface area (Å²) in [6, 6.07) is 5.78. The monoisotopic (exact) mass is 524 g/mol. The number of anilines is 1. The molecule has 2 aliphatic rings. The second kappa shape index (κ2) is 10.5. The second-order valence-electron chi connectivity index (χ2n) is 10.8. The van der Waals surface area contributed by atoms with Gasteiger partial charge in [-0.05, 0) is 64.3 Å². The average molecular weight is 525 g/mol. The number of carbonyl (C=O) groups excluding carboxylic acids is 2. The third-order valence-corrected chi connectivity index (χ3v) is 6.71. The Balaban J connectivity index is 1.25. The van der Waals surface area contributed by atoms with E-state index in [2.05, 4.69) is 20.3 Å². The van der Waals surface area contributed by atoms with Crippen molar-refractivity contribution in [1.29, 1.82) is 0 Å². The molecule has 0 saturated carbocycles. The number of aromatic nitrogens is 3. The smallest absolute Gasteiger partial charge is 0.410 e. The molecule has 2 amide bonds. The summed E-state index contributed by atoms with van der Waals surface area (Å²) < 4.78 is 24.6. The first kappa shape index (κ1) is 25.7. The number of nitrogens with zero attached hydrogens (tertiary/aromatic N) is 4. The quantitative estimate of drug-likeness (QED) is 0.497. The number of ether oxygens (including phenoxy) is 2. The normalized spacial score (nSPS) is 18.3.